The smallest absolute Gasteiger partial charge is 0.249 e. The van der Waals surface area contributed by atoms with E-state index in [1.165, 1.54) is 11.1 Å². The first kappa shape index (κ1) is 15.2. The molecule has 5 heteroatoms. The minimum absolute atomic E-state index is 0.530. The van der Waals surface area contributed by atoms with Crippen molar-refractivity contribution in [3.05, 3.63) is 35.5 Å². The number of unbranched alkanes of at least 4 members (excludes halogenated alkanes) is 1. The molecule has 0 atom stereocenters. The van der Waals surface area contributed by atoms with Crippen LogP contribution in [0.5, 0.6) is 0 Å². The minimum atomic E-state index is 0.530. The molecule has 0 radical (unpaired) electrons. The summed E-state index contributed by atoms with van der Waals surface area (Å²) in [5.74, 6) is 1.37. The van der Waals surface area contributed by atoms with Crippen molar-refractivity contribution in [3.63, 3.8) is 0 Å². The monoisotopic (exact) mass is 285 g/mol. The molecule has 0 saturated heterocycles. The van der Waals surface area contributed by atoms with Gasteiger partial charge in [0.25, 0.3) is 0 Å². The van der Waals surface area contributed by atoms with Gasteiger partial charge in [-0.2, -0.15) is 10.1 Å². The van der Waals surface area contributed by atoms with E-state index in [-0.39, 0.29) is 0 Å². The highest BCUT2D eigenvalue weighted by Gasteiger charge is 2.06. The SMILES string of the molecule is CCCCN(C)c1cnnc(Nc2ccc(C)cc2C)n1. The molecule has 112 valence electrons. The predicted octanol–water partition coefficient (Wildman–Crippen LogP) is 3.47. The number of anilines is 3. The number of nitrogens with zero attached hydrogens (tertiary/aromatic N) is 4. The van der Waals surface area contributed by atoms with Crippen molar-refractivity contribution in [2.75, 3.05) is 23.8 Å². The highest BCUT2D eigenvalue weighted by molar-refractivity contribution is 5.59. The van der Waals surface area contributed by atoms with Gasteiger partial charge < -0.3 is 10.2 Å². The van der Waals surface area contributed by atoms with Crippen molar-refractivity contribution in [2.24, 2.45) is 0 Å². The van der Waals surface area contributed by atoms with E-state index in [0.717, 1.165) is 30.9 Å². The summed E-state index contributed by atoms with van der Waals surface area (Å²) in [5.41, 5.74) is 3.42. The summed E-state index contributed by atoms with van der Waals surface area (Å²) < 4.78 is 0. The van der Waals surface area contributed by atoms with Gasteiger partial charge >= 0.3 is 0 Å². The molecule has 1 heterocycles. The number of hydrogen-bond acceptors (Lipinski definition) is 5. The average molecular weight is 285 g/mol. The van der Waals surface area contributed by atoms with Crippen LogP contribution in [0.3, 0.4) is 0 Å². The number of aryl methyl sites for hydroxylation is 2. The predicted molar refractivity (Wildman–Crippen MR) is 87.2 cm³/mol. The van der Waals surface area contributed by atoms with Crippen LogP contribution in [-0.4, -0.2) is 28.8 Å². The van der Waals surface area contributed by atoms with Gasteiger partial charge in [0, 0.05) is 19.3 Å². The Balaban J connectivity index is 2.13. The maximum absolute atomic E-state index is 4.53. The van der Waals surface area contributed by atoms with Gasteiger partial charge in [-0.25, -0.2) is 0 Å². The minimum Gasteiger partial charge on any atom is -0.358 e. The Kier molecular flexibility index (Phi) is 5.09. The molecule has 0 bridgehead atoms. The molecular formula is C16H23N5. The van der Waals surface area contributed by atoms with E-state index in [0.29, 0.717) is 5.95 Å². The van der Waals surface area contributed by atoms with Crippen LogP contribution in [-0.2, 0) is 0 Å². The quantitative estimate of drug-likeness (QED) is 0.880. The average Bonchev–Trinajstić information content (AvgIpc) is 2.48. The molecule has 2 rings (SSSR count). The molecule has 0 aliphatic heterocycles. The molecule has 2 aromatic rings. The van der Waals surface area contributed by atoms with Gasteiger partial charge in [0.05, 0.1) is 6.20 Å². The van der Waals surface area contributed by atoms with Crippen LogP contribution in [0.1, 0.15) is 30.9 Å². The van der Waals surface area contributed by atoms with Crippen LogP contribution in [0.15, 0.2) is 24.4 Å². The molecule has 1 aromatic carbocycles. The molecule has 0 amide bonds. The molecule has 0 spiro atoms. The van der Waals surface area contributed by atoms with Crippen LogP contribution in [0, 0.1) is 13.8 Å². The molecule has 0 saturated carbocycles. The third-order valence-corrected chi connectivity index (χ3v) is 3.41. The van der Waals surface area contributed by atoms with E-state index in [9.17, 15) is 0 Å². The van der Waals surface area contributed by atoms with Gasteiger partial charge in [-0.1, -0.05) is 31.0 Å². The van der Waals surface area contributed by atoms with Gasteiger partial charge in [-0.3, -0.25) is 0 Å². The van der Waals surface area contributed by atoms with Crippen LogP contribution in [0.2, 0.25) is 0 Å². The lowest BCUT2D eigenvalue weighted by Crippen LogP contribution is -2.20. The number of rotatable bonds is 6. The molecule has 0 aliphatic carbocycles. The van der Waals surface area contributed by atoms with Gasteiger partial charge in [0.15, 0.2) is 5.82 Å². The molecule has 0 aliphatic rings. The van der Waals surface area contributed by atoms with Gasteiger partial charge in [0.1, 0.15) is 0 Å². The van der Waals surface area contributed by atoms with Gasteiger partial charge in [-0.15, -0.1) is 5.10 Å². The maximum atomic E-state index is 4.53. The number of benzene rings is 1. The molecule has 0 fully saturated rings. The first-order valence-electron chi connectivity index (χ1n) is 7.35. The molecule has 21 heavy (non-hydrogen) atoms. The Hall–Kier alpha value is -2.17. The van der Waals surface area contributed by atoms with Crippen molar-refractivity contribution in [3.8, 4) is 0 Å². The normalized spacial score (nSPS) is 10.5. The first-order chi connectivity index (χ1) is 10.1. The van der Waals surface area contributed by atoms with Crippen LogP contribution < -0.4 is 10.2 Å². The lowest BCUT2D eigenvalue weighted by atomic mass is 10.1. The zero-order valence-corrected chi connectivity index (χ0v) is 13.2. The summed E-state index contributed by atoms with van der Waals surface area (Å²) >= 11 is 0. The summed E-state index contributed by atoms with van der Waals surface area (Å²) in [6.07, 6.45) is 4.00. The Labute approximate surface area is 126 Å². The zero-order valence-electron chi connectivity index (χ0n) is 13.2. The zero-order chi connectivity index (χ0) is 15.2. The van der Waals surface area contributed by atoms with Gasteiger partial charge in [-0.05, 0) is 31.9 Å². The highest BCUT2D eigenvalue weighted by atomic mass is 15.3. The second-order valence-corrected chi connectivity index (χ2v) is 5.36. The number of hydrogen-bond donors (Lipinski definition) is 1. The Morgan fingerprint density at radius 3 is 2.76 bits per heavy atom. The van der Waals surface area contributed by atoms with E-state index in [1.54, 1.807) is 6.20 Å². The van der Waals surface area contributed by atoms with Crippen molar-refractivity contribution < 1.29 is 0 Å². The van der Waals surface area contributed by atoms with Crippen molar-refractivity contribution >= 4 is 17.5 Å². The van der Waals surface area contributed by atoms with E-state index >= 15 is 0 Å². The fourth-order valence-electron chi connectivity index (χ4n) is 2.12. The highest BCUT2D eigenvalue weighted by Crippen LogP contribution is 2.20. The first-order valence-corrected chi connectivity index (χ1v) is 7.35. The summed E-state index contributed by atoms with van der Waals surface area (Å²) in [6.45, 7) is 7.30. The largest absolute Gasteiger partial charge is 0.358 e. The van der Waals surface area contributed by atoms with Crippen molar-refractivity contribution in [2.45, 2.75) is 33.6 Å². The second-order valence-electron chi connectivity index (χ2n) is 5.36. The van der Waals surface area contributed by atoms with Gasteiger partial charge in [0.2, 0.25) is 5.95 Å². The van der Waals surface area contributed by atoms with Crippen LogP contribution in [0.4, 0.5) is 17.5 Å². The molecule has 5 nitrogen and oxygen atoms in total. The topological polar surface area (TPSA) is 53.9 Å². The lowest BCUT2D eigenvalue weighted by molar-refractivity contribution is 0.754. The number of aromatic nitrogens is 3. The Morgan fingerprint density at radius 1 is 1.24 bits per heavy atom. The summed E-state index contributed by atoms with van der Waals surface area (Å²) in [5, 5.41) is 11.3. The van der Waals surface area contributed by atoms with Crippen molar-refractivity contribution in [1.82, 2.24) is 15.2 Å². The molecule has 1 N–H and O–H groups in total. The summed E-state index contributed by atoms with van der Waals surface area (Å²) in [6, 6.07) is 6.24. The van der Waals surface area contributed by atoms with E-state index < -0.39 is 0 Å². The fraction of sp³-hybridized carbons (Fsp3) is 0.438. The fourth-order valence-corrected chi connectivity index (χ4v) is 2.12. The summed E-state index contributed by atoms with van der Waals surface area (Å²) in [4.78, 5) is 6.63. The van der Waals surface area contributed by atoms with Crippen LogP contribution >= 0.6 is 0 Å². The lowest BCUT2D eigenvalue weighted by Gasteiger charge is -2.17. The Bertz CT molecular complexity index is 597. The number of nitrogens with one attached hydrogen (secondary N) is 1. The third-order valence-electron chi connectivity index (χ3n) is 3.41. The molecule has 1 aromatic heterocycles. The van der Waals surface area contributed by atoms with E-state index in [4.69, 9.17) is 0 Å². The van der Waals surface area contributed by atoms with E-state index in [2.05, 4.69) is 58.3 Å². The van der Waals surface area contributed by atoms with E-state index in [1.807, 2.05) is 13.1 Å². The third kappa shape index (κ3) is 4.15. The van der Waals surface area contributed by atoms with Crippen molar-refractivity contribution in [1.29, 1.82) is 0 Å². The maximum Gasteiger partial charge on any atom is 0.249 e. The summed E-state index contributed by atoms with van der Waals surface area (Å²) in [7, 11) is 2.03. The Morgan fingerprint density at radius 2 is 2.05 bits per heavy atom. The standard InChI is InChI=1S/C16H23N5/c1-5-6-9-21(4)15-11-17-20-16(19-15)18-14-8-7-12(2)10-13(14)3/h7-8,10-11H,5-6,9H2,1-4H3,(H,18,19,20). The molecule has 0 unspecified atom stereocenters. The molecular weight excluding hydrogens is 262 g/mol. The van der Waals surface area contributed by atoms with Crippen LogP contribution in [0.25, 0.3) is 0 Å². The second kappa shape index (κ2) is 7.02.